The number of cyclic esters (lactones) is 1. The molecule has 0 aromatic heterocycles. The molecule has 0 aromatic carbocycles. The fourth-order valence-corrected chi connectivity index (χ4v) is 0.913. The first-order chi connectivity index (χ1) is 4.89. The van der Waals surface area contributed by atoms with E-state index in [4.69, 9.17) is 4.74 Å². The molecule has 0 bridgehead atoms. The van der Waals surface area contributed by atoms with Gasteiger partial charge in [0.25, 0.3) is 0 Å². The van der Waals surface area contributed by atoms with Crippen LogP contribution in [0.4, 0.5) is 0 Å². The van der Waals surface area contributed by atoms with E-state index in [0.29, 0.717) is 13.0 Å². The molecule has 56 valence electrons. The van der Waals surface area contributed by atoms with Crippen molar-refractivity contribution in [2.24, 2.45) is 0 Å². The first-order valence-corrected chi connectivity index (χ1v) is 3.70. The second-order valence-electron chi connectivity index (χ2n) is 2.37. The topological polar surface area (TPSA) is 26.3 Å². The van der Waals surface area contributed by atoms with E-state index in [-0.39, 0.29) is 5.97 Å². The number of hydrogen-bond acceptors (Lipinski definition) is 2. The van der Waals surface area contributed by atoms with Crippen molar-refractivity contribution < 1.29 is 9.53 Å². The average Bonchev–Trinajstić information content (AvgIpc) is 2.02. The minimum absolute atomic E-state index is 0.0521. The van der Waals surface area contributed by atoms with E-state index in [0.717, 1.165) is 19.3 Å². The maximum absolute atomic E-state index is 10.7. The van der Waals surface area contributed by atoms with E-state index < -0.39 is 0 Å². The minimum Gasteiger partial charge on any atom is -0.465 e. The molecule has 0 N–H and O–H groups in total. The summed E-state index contributed by atoms with van der Waals surface area (Å²) in [6.45, 7) is 0.551. The molecular formula is C8H12O2. The van der Waals surface area contributed by atoms with E-state index in [1.807, 2.05) is 0 Å². The van der Waals surface area contributed by atoms with Gasteiger partial charge in [0, 0.05) is 6.42 Å². The van der Waals surface area contributed by atoms with Gasteiger partial charge in [0.2, 0.25) is 0 Å². The van der Waals surface area contributed by atoms with Crippen LogP contribution in [0.25, 0.3) is 0 Å². The van der Waals surface area contributed by atoms with Gasteiger partial charge in [0.15, 0.2) is 0 Å². The summed E-state index contributed by atoms with van der Waals surface area (Å²) in [6, 6.07) is 0. The summed E-state index contributed by atoms with van der Waals surface area (Å²) in [5.74, 6) is -0.0521. The lowest BCUT2D eigenvalue weighted by Crippen LogP contribution is -2.03. The zero-order valence-corrected chi connectivity index (χ0v) is 6.01. The summed E-state index contributed by atoms with van der Waals surface area (Å²) in [5.41, 5.74) is 0. The normalized spacial score (nSPS) is 23.8. The highest BCUT2D eigenvalue weighted by atomic mass is 16.5. The lowest BCUT2D eigenvalue weighted by molar-refractivity contribution is -0.143. The molecule has 0 aliphatic carbocycles. The number of carbonyl (C=O) groups excluding carboxylic acids is 1. The van der Waals surface area contributed by atoms with Gasteiger partial charge in [0.05, 0.1) is 6.61 Å². The van der Waals surface area contributed by atoms with Crippen molar-refractivity contribution in [2.45, 2.75) is 25.7 Å². The molecule has 0 aromatic rings. The Kier molecular flexibility index (Phi) is 3.00. The van der Waals surface area contributed by atoms with Crippen LogP contribution in [-0.4, -0.2) is 12.6 Å². The second-order valence-corrected chi connectivity index (χ2v) is 2.37. The Bertz CT molecular complexity index is 124. The second kappa shape index (κ2) is 4.09. The molecular weight excluding hydrogens is 128 g/mol. The standard InChI is InChI=1S/C8H12O2/c9-8-6-4-2-1-3-5-7-10-8/h1,3H,2,4-7H2/b3-1-. The molecule has 0 unspecified atom stereocenters. The minimum atomic E-state index is -0.0521. The fourth-order valence-electron chi connectivity index (χ4n) is 0.913. The van der Waals surface area contributed by atoms with Gasteiger partial charge in [-0.1, -0.05) is 12.2 Å². The van der Waals surface area contributed by atoms with E-state index in [9.17, 15) is 4.79 Å². The van der Waals surface area contributed by atoms with Crippen LogP contribution in [0.5, 0.6) is 0 Å². The highest BCUT2D eigenvalue weighted by molar-refractivity contribution is 5.69. The molecule has 0 atom stereocenters. The van der Waals surface area contributed by atoms with E-state index in [2.05, 4.69) is 12.2 Å². The van der Waals surface area contributed by atoms with Crippen molar-refractivity contribution in [1.29, 1.82) is 0 Å². The van der Waals surface area contributed by atoms with Crippen LogP contribution in [0.3, 0.4) is 0 Å². The Labute approximate surface area is 60.9 Å². The smallest absolute Gasteiger partial charge is 0.305 e. The molecule has 0 amide bonds. The molecule has 1 heterocycles. The molecule has 2 nitrogen and oxygen atoms in total. The zero-order chi connectivity index (χ0) is 7.23. The van der Waals surface area contributed by atoms with E-state index in [1.54, 1.807) is 0 Å². The van der Waals surface area contributed by atoms with Crippen LogP contribution in [0.2, 0.25) is 0 Å². The molecule has 1 aliphatic heterocycles. The quantitative estimate of drug-likeness (QED) is 0.378. The summed E-state index contributed by atoms with van der Waals surface area (Å²) < 4.78 is 4.87. The number of esters is 1. The Morgan fingerprint density at radius 2 is 2.10 bits per heavy atom. The molecule has 2 heteroatoms. The fraction of sp³-hybridized carbons (Fsp3) is 0.625. The van der Waals surface area contributed by atoms with Crippen molar-refractivity contribution >= 4 is 5.97 Å². The van der Waals surface area contributed by atoms with Gasteiger partial charge in [0.1, 0.15) is 0 Å². The largest absolute Gasteiger partial charge is 0.465 e. The van der Waals surface area contributed by atoms with Gasteiger partial charge in [-0.25, -0.2) is 0 Å². The SMILES string of the molecule is O=C1CCC/C=C\CCO1. The van der Waals surface area contributed by atoms with Crippen molar-refractivity contribution in [3.05, 3.63) is 12.2 Å². The molecule has 0 radical (unpaired) electrons. The van der Waals surface area contributed by atoms with Crippen molar-refractivity contribution in [3.8, 4) is 0 Å². The number of ether oxygens (including phenoxy) is 1. The summed E-state index contributed by atoms with van der Waals surface area (Å²) >= 11 is 0. The Morgan fingerprint density at radius 3 is 3.00 bits per heavy atom. The summed E-state index contributed by atoms with van der Waals surface area (Å²) in [4.78, 5) is 10.7. The maximum Gasteiger partial charge on any atom is 0.305 e. The summed E-state index contributed by atoms with van der Waals surface area (Å²) in [7, 11) is 0. The third-order valence-electron chi connectivity index (χ3n) is 1.47. The molecule has 1 rings (SSSR count). The Hall–Kier alpha value is -0.790. The predicted octanol–water partition coefficient (Wildman–Crippen LogP) is 1.66. The lowest BCUT2D eigenvalue weighted by atomic mass is 10.2. The van der Waals surface area contributed by atoms with Crippen LogP contribution >= 0.6 is 0 Å². The van der Waals surface area contributed by atoms with E-state index in [1.165, 1.54) is 0 Å². The maximum atomic E-state index is 10.7. The third-order valence-corrected chi connectivity index (χ3v) is 1.47. The van der Waals surface area contributed by atoms with Gasteiger partial charge in [-0.2, -0.15) is 0 Å². The number of hydrogen-bond donors (Lipinski definition) is 0. The van der Waals surface area contributed by atoms with E-state index >= 15 is 0 Å². The van der Waals surface area contributed by atoms with Gasteiger partial charge in [-0.05, 0) is 19.3 Å². The van der Waals surface area contributed by atoms with Crippen molar-refractivity contribution in [1.82, 2.24) is 0 Å². The number of carbonyl (C=O) groups is 1. The van der Waals surface area contributed by atoms with Crippen LogP contribution in [-0.2, 0) is 9.53 Å². The molecule has 0 saturated heterocycles. The summed E-state index contributed by atoms with van der Waals surface area (Å²) in [5, 5.41) is 0. The van der Waals surface area contributed by atoms with Gasteiger partial charge < -0.3 is 4.74 Å². The third kappa shape index (κ3) is 2.67. The van der Waals surface area contributed by atoms with Crippen LogP contribution in [0, 0.1) is 0 Å². The molecule has 0 fully saturated rings. The lowest BCUT2D eigenvalue weighted by Gasteiger charge is -1.98. The molecule has 0 saturated carbocycles. The Balaban J connectivity index is 2.31. The average molecular weight is 140 g/mol. The van der Waals surface area contributed by atoms with Crippen LogP contribution < -0.4 is 0 Å². The Morgan fingerprint density at radius 1 is 1.30 bits per heavy atom. The van der Waals surface area contributed by atoms with Crippen molar-refractivity contribution in [2.75, 3.05) is 6.61 Å². The monoisotopic (exact) mass is 140 g/mol. The van der Waals surface area contributed by atoms with Crippen LogP contribution in [0.15, 0.2) is 12.2 Å². The first kappa shape index (κ1) is 7.32. The highest BCUT2D eigenvalue weighted by Gasteiger charge is 2.01. The van der Waals surface area contributed by atoms with Gasteiger partial charge >= 0.3 is 5.97 Å². The van der Waals surface area contributed by atoms with Crippen molar-refractivity contribution in [3.63, 3.8) is 0 Å². The summed E-state index contributed by atoms with van der Waals surface area (Å²) in [6.07, 6.45) is 7.56. The molecule has 0 spiro atoms. The highest BCUT2D eigenvalue weighted by Crippen LogP contribution is 2.02. The van der Waals surface area contributed by atoms with Crippen LogP contribution in [0.1, 0.15) is 25.7 Å². The van der Waals surface area contributed by atoms with Gasteiger partial charge in [-0.15, -0.1) is 0 Å². The predicted molar refractivity (Wildman–Crippen MR) is 38.6 cm³/mol. The number of rotatable bonds is 0. The number of allylic oxidation sites excluding steroid dienone is 1. The molecule has 10 heavy (non-hydrogen) atoms. The first-order valence-electron chi connectivity index (χ1n) is 3.70. The van der Waals surface area contributed by atoms with Gasteiger partial charge in [-0.3, -0.25) is 4.79 Å². The zero-order valence-electron chi connectivity index (χ0n) is 6.01. The molecule has 1 aliphatic rings.